The average molecular weight is 164 g/mol. The van der Waals surface area contributed by atoms with E-state index in [-0.39, 0.29) is 0 Å². The van der Waals surface area contributed by atoms with Crippen LogP contribution in [0.4, 0.5) is 0 Å². The zero-order valence-electron chi connectivity index (χ0n) is 8.02. The first-order chi connectivity index (χ1) is 5.63. The molecule has 0 saturated heterocycles. The van der Waals surface area contributed by atoms with E-state index in [4.69, 9.17) is 0 Å². The van der Waals surface area contributed by atoms with Gasteiger partial charge in [-0.25, -0.2) is 0 Å². The summed E-state index contributed by atoms with van der Waals surface area (Å²) in [5.74, 6) is 0.594. The fourth-order valence-electron chi connectivity index (χ4n) is 1.65. The molecule has 1 aromatic heterocycles. The van der Waals surface area contributed by atoms with E-state index in [1.807, 2.05) is 6.20 Å². The Balaban J connectivity index is 2.37. The molecular weight excluding hydrogens is 148 g/mol. The highest BCUT2D eigenvalue weighted by Gasteiger charge is 2.42. The molecule has 1 heterocycles. The molecule has 1 saturated carbocycles. The van der Waals surface area contributed by atoms with Crippen molar-refractivity contribution in [1.82, 2.24) is 10.2 Å². The van der Waals surface area contributed by atoms with Crippen LogP contribution in [0.5, 0.6) is 0 Å². The molecule has 1 aliphatic rings. The highest BCUT2D eigenvalue weighted by Crippen LogP contribution is 2.48. The number of aromatic nitrogens is 2. The zero-order chi connectivity index (χ0) is 8.77. The van der Waals surface area contributed by atoms with Gasteiger partial charge in [0.2, 0.25) is 0 Å². The Morgan fingerprint density at radius 1 is 1.50 bits per heavy atom. The summed E-state index contributed by atoms with van der Waals surface area (Å²) in [4.78, 5) is 0. The number of nitrogens with zero attached hydrogens (tertiary/aromatic N) is 1. The third-order valence-corrected chi connectivity index (χ3v) is 2.89. The van der Waals surface area contributed by atoms with Crippen LogP contribution in [0.15, 0.2) is 6.20 Å². The highest BCUT2D eigenvalue weighted by molar-refractivity contribution is 5.31. The van der Waals surface area contributed by atoms with E-state index >= 15 is 0 Å². The Morgan fingerprint density at radius 3 is 2.67 bits per heavy atom. The predicted octanol–water partition coefficient (Wildman–Crippen LogP) is 2.58. The molecule has 1 aromatic rings. The highest BCUT2D eigenvalue weighted by atomic mass is 15.1. The van der Waals surface area contributed by atoms with Crippen molar-refractivity contribution in [2.75, 3.05) is 0 Å². The van der Waals surface area contributed by atoms with E-state index in [0.717, 1.165) is 0 Å². The van der Waals surface area contributed by atoms with Gasteiger partial charge in [-0.05, 0) is 24.3 Å². The van der Waals surface area contributed by atoms with Gasteiger partial charge in [0, 0.05) is 11.1 Å². The van der Waals surface area contributed by atoms with Gasteiger partial charge < -0.3 is 0 Å². The SMILES string of the molecule is CC(C)c1cn[nH]c1C1(C)CC1. The van der Waals surface area contributed by atoms with E-state index in [1.54, 1.807) is 0 Å². The molecule has 0 radical (unpaired) electrons. The lowest BCUT2D eigenvalue weighted by Gasteiger charge is -2.10. The van der Waals surface area contributed by atoms with E-state index in [1.165, 1.54) is 24.1 Å². The summed E-state index contributed by atoms with van der Waals surface area (Å²) in [7, 11) is 0. The second kappa shape index (κ2) is 2.35. The molecule has 0 spiro atoms. The van der Waals surface area contributed by atoms with E-state index in [0.29, 0.717) is 11.3 Å². The lowest BCUT2D eigenvalue weighted by atomic mass is 9.95. The molecule has 0 unspecified atom stereocenters. The Bertz CT molecular complexity index is 282. The van der Waals surface area contributed by atoms with E-state index < -0.39 is 0 Å². The smallest absolute Gasteiger partial charge is 0.0524 e. The molecule has 0 aromatic carbocycles. The minimum Gasteiger partial charge on any atom is -0.282 e. The third-order valence-electron chi connectivity index (χ3n) is 2.89. The van der Waals surface area contributed by atoms with Crippen LogP contribution in [0.1, 0.15) is 50.8 Å². The number of rotatable bonds is 2. The van der Waals surface area contributed by atoms with Crippen molar-refractivity contribution in [3.63, 3.8) is 0 Å². The van der Waals surface area contributed by atoms with Crippen molar-refractivity contribution >= 4 is 0 Å². The maximum atomic E-state index is 4.12. The number of nitrogens with one attached hydrogen (secondary N) is 1. The summed E-state index contributed by atoms with van der Waals surface area (Å²) in [5, 5.41) is 7.26. The van der Waals surface area contributed by atoms with Gasteiger partial charge in [-0.2, -0.15) is 5.10 Å². The topological polar surface area (TPSA) is 28.7 Å². The van der Waals surface area contributed by atoms with Gasteiger partial charge in [0.05, 0.1) is 6.20 Å². The molecule has 0 aliphatic heterocycles. The van der Waals surface area contributed by atoms with Gasteiger partial charge in [-0.3, -0.25) is 5.10 Å². The van der Waals surface area contributed by atoms with Crippen molar-refractivity contribution in [3.8, 4) is 0 Å². The second-order valence-electron chi connectivity index (χ2n) is 4.42. The van der Waals surface area contributed by atoms with Crippen LogP contribution in [-0.4, -0.2) is 10.2 Å². The van der Waals surface area contributed by atoms with Gasteiger partial charge in [-0.15, -0.1) is 0 Å². The zero-order valence-corrected chi connectivity index (χ0v) is 8.02. The first kappa shape index (κ1) is 7.84. The predicted molar refractivity (Wildman–Crippen MR) is 49.3 cm³/mol. The maximum Gasteiger partial charge on any atom is 0.0524 e. The van der Waals surface area contributed by atoms with Crippen LogP contribution in [0.25, 0.3) is 0 Å². The van der Waals surface area contributed by atoms with Crippen LogP contribution in [-0.2, 0) is 5.41 Å². The quantitative estimate of drug-likeness (QED) is 0.715. The van der Waals surface area contributed by atoms with Crippen LogP contribution in [0.3, 0.4) is 0 Å². The average Bonchev–Trinajstić information content (AvgIpc) is 2.61. The standard InChI is InChI=1S/C10H16N2/c1-7(2)8-6-11-12-9(8)10(3)4-5-10/h6-7H,4-5H2,1-3H3,(H,11,12). The van der Waals surface area contributed by atoms with Crippen LogP contribution in [0, 0.1) is 0 Å². The van der Waals surface area contributed by atoms with Gasteiger partial charge >= 0.3 is 0 Å². The van der Waals surface area contributed by atoms with Gasteiger partial charge in [-0.1, -0.05) is 20.8 Å². The van der Waals surface area contributed by atoms with Gasteiger partial charge in [0.15, 0.2) is 0 Å². The number of H-pyrrole nitrogens is 1. The number of hydrogen-bond acceptors (Lipinski definition) is 1. The third kappa shape index (κ3) is 1.06. The van der Waals surface area contributed by atoms with Crippen molar-refractivity contribution in [2.24, 2.45) is 0 Å². The van der Waals surface area contributed by atoms with Crippen LogP contribution < -0.4 is 0 Å². The Labute approximate surface area is 73.4 Å². The molecule has 2 heteroatoms. The lowest BCUT2D eigenvalue weighted by Crippen LogP contribution is -2.05. The second-order valence-corrected chi connectivity index (χ2v) is 4.42. The summed E-state index contributed by atoms with van der Waals surface area (Å²) >= 11 is 0. The Morgan fingerprint density at radius 2 is 2.17 bits per heavy atom. The molecule has 0 amide bonds. The van der Waals surface area contributed by atoms with Gasteiger partial charge in [0.25, 0.3) is 0 Å². The molecule has 0 bridgehead atoms. The van der Waals surface area contributed by atoms with Crippen molar-refractivity contribution < 1.29 is 0 Å². The maximum absolute atomic E-state index is 4.12. The van der Waals surface area contributed by atoms with E-state index in [2.05, 4.69) is 31.0 Å². The molecule has 2 nitrogen and oxygen atoms in total. The fraction of sp³-hybridized carbons (Fsp3) is 0.700. The summed E-state index contributed by atoms with van der Waals surface area (Å²) in [5.41, 5.74) is 3.20. The lowest BCUT2D eigenvalue weighted by molar-refractivity contribution is 0.713. The van der Waals surface area contributed by atoms with Gasteiger partial charge in [0.1, 0.15) is 0 Å². The molecular formula is C10H16N2. The summed E-state index contributed by atoms with van der Waals surface area (Å²) in [6.07, 6.45) is 4.60. The molecule has 1 N–H and O–H groups in total. The normalized spacial score (nSPS) is 20.0. The van der Waals surface area contributed by atoms with Crippen molar-refractivity contribution in [2.45, 2.75) is 44.9 Å². The summed E-state index contributed by atoms with van der Waals surface area (Å²) in [6.45, 7) is 6.76. The number of aromatic amines is 1. The minimum atomic E-state index is 0.427. The van der Waals surface area contributed by atoms with Crippen LogP contribution >= 0.6 is 0 Å². The minimum absolute atomic E-state index is 0.427. The molecule has 2 rings (SSSR count). The first-order valence-corrected chi connectivity index (χ1v) is 4.67. The van der Waals surface area contributed by atoms with Crippen molar-refractivity contribution in [3.05, 3.63) is 17.5 Å². The summed E-state index contributed by atoms with van der Waals surface area (Å²) in [6, 6.07) is 0. The fourth-order valence-corrected chi connectivity index (χ4v) is 1.65. The monoisotopic (exact) mass is 164 g/mol. The summed E-state index contributed by atoms with van der Waals surface area (Å²) < 4.78 is 0. The molecule has 0 atom stereocenters. The number of hydrogen-bond donors (Lipinski definition) is 1. The molecule has 1 fully saturated rings. The van der Waals surface area contributed by atoms with E-state index in [9.17, 15) is 0 Å². The largest absolute Gasteiger partial charge is 0.282 e. The van der Waals surface area contributed by atoms with Crippen LogP contribution in [0.2, 0.25) is 0 Å². The Hall–Kier alpha value is -0.790. The molecule has 12 heavy (non-hydrogen) atoms. The molecule has 1 aliphatic carbocycles. The Kier molecular flexibility index (Phi) is 1.53. The van der Waals surface area contributed by atoms with Crippen molar-refractivity contribution in [1.29, 1.82) is 0 Å². The first-order valence-electron chi connectivity index (χ1n) is 4.67. The molecule has 66 valence electrons.